The first-order valence-corrected chi connectivity index (χ1v) is 7.20. The standard InChI is InChI=1S/C12H15N3O3S/c1-9-3-2-6-14-11(9)8-15-19(16,17)12-5-4-10(7-13)18-12/h2-6,15H,7-8,13H2,1H3. The van der Waals surface area contributed by atoms with Crippen molar-refractivity contribution in [3.8, 4) is 0 Å². The van der Waals surface area contributed by atoms with Crippen LogP contribution in [-0.2, 0) is 23.1 Å². The number of nitrogens with one attached hydrogen (secondary N) is 1. The lowest BCUT2D eigenvalue weighted by Gasteiger charge is -2.06. The highest BCUT2D eigenvalue weighted by atomic mass is 32.2. The fourth-order valence-corrected chi connectivity index (χ4v) is 2.48. The van der Waals surface area contributed by atoms with Crippen LogP contribution in [0.1, 0.15) is 17.0 Å². The van der Waals surface area contributed by atoms with Crippen molar-refractivity contribution < 1.29 is 12.8 Å². The molecule has 0 atom stereocenters. The molecule has 2 aromatic heterocycles. The van der Waals surface area contributed by atoms with Crippen LogP contribution in [0.15, 0.2) is 40.0 Å². The monoisotopic (exact) mass is 281 g/mol. The van der Waals surface area contributed by atoms with Crippen molar-refractivity contribution in [2.75, 3.05) is 0 Å². The van der Waals surface area contributed by atoms with Crippen LogP contribution in [0.25, 0.3) is 0 Å². The van der Waals surface area contributed by atoms with Gasteiger partial charge in [-0.3, -0.25) is 4.98 Å². The van der Waals surface area contributed by atoms with Crippen molar-refractivity contribution in [3.63, 3.8) is 0 Å². The molecule has 0 saturated carbocycles. The van der Waals surface area contributed by atoms with Crippen LogP contribution >= 0.6 is 0 Å². The maximum absolute atomic E-state index is 12.0. The number of pyridine rings is 1. The summed E-state index contributed by atoms with van der Waals surface area (Å²) < 4.78 is 31.5. The molecular weight excluding hydrogens is 266 g/mol. The molecule has 0 aliphatic carbocycles. The quantitative estimate of drug-likeness (QED) is 0.849. The zero-order chi connectivity index (χ0) is 13.9. The van der Waals surface area contributed by atoms with Gasteiger partial charge in [0.25, 0.3) is 10.0 Å². The molecule has 102 valence electrons. The number of aryl methyl sites for hydroxylation is 1. The lowest BCUT2D eigenvalue weighted by Crippen LogP contribution is -2.23. The summed E-state index contributed by atoms with van der Waals surface area (Å²) in [6, 6.07) is 6.60. The zero-order valence-corrected chi connectivity index (χ0v) is 11.3. The first kappa shape index (κ1) is 13.7. The minimum atomic E-state index is -3.68. The number of nitrogens with two attached hydrogens (primary N) is 1. The van der Waals surface area contributed by atoms with Crippen LogP contribution in [0.3, 0.4) is 0 Å². The predicted molar refractivity (Wildman–Crippen MR) is 69.6 cm³/mol. The van der Waals surface area contributed by atoms with E-state index in [1.54, 1.807) is 18.3 Å². The lowest BCUT2D eigenvalue weighted by molar-refractivity contribution is 0.412. The second-order valence-corrected chi connectivity index (χ2v) is 5.71. The number of aromatic nitrogens is 1. The molecule has 0 saturated heterocycles. The van der Waals surface area contributed by atoms with Crippen LogP contribution in [-0.4, -0.2) is 13.4 Å². The Hall–Kier alpha value is -1.70. The normalized spacial score (nSPS) is 11.7. The molecule has 0 aromatic carbocycles. The van der Waals surface area contributed by atoms with E-state index in [0.717, 1.165) is 5.56 Å². The van der Waals surface area contributed by atoms with Gasteiger partial charge in [0.05, 0.1) is 18.8 Å². The SMILES string of the molecule is Cc1cccnc1CNS(=O)(=O)c1ccc(CN)o1. The molecule has 0 radical (unpaired) electrons. The Bertz CT molecular complexity index is 664. The molecule has 3 N–H and O–H groups in total. The molecule has 0 fully saturated rings. The summed E-state index contributed by atoms with van der Waals surface area (Å²) in [6.45, 7) is 2.15. The molecule has 0 amide bonds. The van der Waals surface area contributed by atoms with Gasteiger partial charge < -0.3 is 10.2 Å². The molecule has 2 aromatic rings. The van der Waals surface area contributed by atoms with Gasteiger partial charge in [-0.2, -0.15) is 0 Å². The topological polar surface area (TPSA) is 98.2 Å². The third kappa shape index (κ3) is 3.19. The summed E-state index contributed by atoms with van der Waals surface area (Å²) in [4.78, 5) is 4.12. The van der Waals surface area contributed by atoms with Gasteiger partial charge in [-0.05, 0) is 30.7 Å². The van der Waals surface area contributed by atoms with Crippen LogP contribution in [0.2, 0.25) is 0 Å². The zero-order valence-electron chi connectivity index (χ0n) is 10.5. The van der Waals surface area contributed by atoms with Gasteiger partial charge >= 0.3 is 0 Å². The van der Waals surface area contributed by atoms with E-state index in [0.29, 0.717) is 11.5 Å². The minimum Gasteiger partial charge on any atom is -0.447 e. The van der Waals surface area contributed by atoms with E-state index in [1.165, 1.54) is 6.07 Å². The van der Waals surface area contributed by atoms with Crippen molar-refractivity contribution in [2.24, 2.45) is 5.73 Å². The molecule has 0 aliphatic heterocycles. The molecule has 2 rings (SSSR count). The first-order chi connectivity index (χ1) is 9.03. The fraction of sp³-hybridized carbons (Fsp3) is 0.250. The van der Waals surface area contributed by atoms with Crippen molar-refractivity contribution in [1.29, 1.82) is 0 Å². The number of rotatable bonds is 5. The number of furan rings is 1. The second kappa shape index (κ2) is 5.52. The van der Waals surface area contributed by atoms with Crippen molar-refractivity contribution in [3.05, 3.63) is 47.5 Å². The smallest absolute Gasteiger partial charge is 0.274 e. The predicted octanol–water partition coefficient (Wildman–Crippen LogP) is 0.920. The van der Waals surface area contributed by atoms with Gasteiger partial charge in [-0.25, -0.2) is 13.1 Å². The lowest BCUT2D eigenvalue weighted by atomic mass is 10.2. The van der Waals surface area contributed by atoms with Crippen LogP contribution in [0, 0.1) is 6.92 Å². The molecule has 2 heterocycles. The summed E-state index contributed by atoms with van der Waals surface area (Å²) in [5.41, 5.74) is 6.97. The average molecular weight is 281 g/mol. The molecule has 19 heavy (non-hydrogen) atoms. The van der Waals surface area contributed by atoms with E-state index in [2.05, 4.69) is 9.71 Å². The molecule has 6 nitrogen and oxygen atoms in total. The van der Waals surface area contributed by atoms with Gasteiger partial charge in [-0.1, -0.05) is 6.07 Å². The number of hydrogen-bond acceptors (Lipinski definition) is 5. The average Bonchev–Trinajstić information content (AvgIpc) is 2.87. The Morgan fingerprint density at radius 1 is 1.37 bits per heavy atom. The van der Waals surface area contributed by atoms with Gasteiger partial charge in [-0.15, -0.1) is 0 Å². The molecule has 0 spiro atoms. The molecule has 0 aliphatic rings. The van der Waals surface area contributed by atoms with Gasteiger partial charge in [0, 0.05) is 6.20 Å². The summed E-state index contributed by atoms with van der Waals surface area (Å²) in [5.74, 6) is 0.425. The third-order valence-electron chi connectivity index (χ3n) is 2.65. The summed E-state index contributed by atoms with van der Waals surface area (Å²) in [6.07, 6.45) is 1.62. The van der Waals surface area contributed by atoms with E-state index in [9.17, 15) is 8.42 Å². The molecule has 7 heteroatoms. The van der Waals surface area contributed by atoms with E-state index in [4.69, 9.17) is 10.2 Å². The minimum absolute atomic E-state index is 0.119. The van der Waals surface area contributed by atoms with Crippen LogP contribution in [0.5, 0.6) is 0 Å². The first-order valence-electron chi connectivity index (χ1n) is 5.72. The van der Waals surface area contributed by atoms with Crippen LogP contribution in [0.4, 0.5) is 0 Å². The van der Waals surface area contributed by atoms with E-state index in [1.807, 2.05) is 13.0 Å². The maximum Gasteiger partial charge on any atom is 0.274 e. The Morgan fingerprint density at radius 3 is 2.79 bits per heavy atom. The summed E-state index contributed by atoms with van der Waals surface area (Å²) in [7, 11) is -3.68. The number of sulfonamides is 1. The third-order valence-corrected chi connectivity index (χ3v) is 3.92. The molecular formula is C12H15N3O3S. The van der Waals surface area contributed by atoms with E-state index in [-0.39, 0.29) is 18.2 Å². The Kier molecular flexibility index (Phi) is 3.98. The van der Waals surface area contributed by atoms with Crippen molar-refractivity contribution >= 4 is 10.0 Å². The van der Waals surface area contributed by atoms with Gasteiger partial charge in [0.2, 0.25) is 5.09 Å². The van der Waals surface area contributed by atoms with Crippen LogP contribution < -0.4 is 10.5 Å². The number of hydrogen-bond donors (Lipinski definition) is 2. The maximum atomic E-state index is 12.0. The summed E-state index contributed by atoms with van der Waals surface area (Å²) >= 11 is 0. The largest absolute Gasteiger partial charge is 0.447 e. The van der Waals surface area contributed by atoms with Crippen molar-refractivity contribution in [2.45, 2.75) is 25.1 Å². The Morgan fingerprint density at radius 2 is 2.16 bits per heavy atom. The Labute approximate surface area is 111 Å². The molecule has 0 bridgehead atoms. The van der Waals surface area contributed by atoms with Gasteiger partial charge in [0.15, 0.2) is 0 Å². The summed E-state index contributed by atoms with van der Waals surface area (Å²) in [5, 5.41) is -0.137. The van der Waals surface area contributed by atoms with Crippen molar-refractivity contribution in [1.82, 2.24) is 9.71 Å². The highest BCUT2D eigenvalue weighted by Crippen LogP contribution is 2.14. The van der Waals surface area contributed by atoms with Gasteiger partial charge in [0.1, 0.15) is 5.76 Å². The Balaban J connectivity index is 2.12. The second-order valence-electron chi connectivity index (χ2n) is 4.02. The highest BCUT2D eigenvalue weighted by Gasteiger charge is 2.18. The van der Waals surface area contributed by atoms with E-state index < -0.39 is 10.0 Å². The molecule has 0 unspecified atom stereocenters. The number of nitrogens with zero attached hydrogens (tertiary/aromatic N) is 1. The van der Waals surface area contributed by atoms with E-state index >= 15 is 0 Å². The fourth-order valence-electron chi connectivity index (χ4n) is 1.55. The highest BCUT2D eigenvalue weighted by molar-refractivity contribution is 7.89.